The molecule has 258 valence electrons. The van der Waals surface area contributed by atoms with Gasteiger partial charge in [-0.25, -0.2) is 0 Å². The van der Waals surface area contributed by atoms with Crippen LogP contribution in [0.2, 0.25) is 0 Å². The SMILES string of the molecule is C/C=C\CC.CC.CC1(C)c2ccc(N(c3ccccc3)c3ccc(-c4ccc5ccccc5c4)cc3)cc2-c2cc3sc4ccccc4c3cc21. The van der Waals surface area contributed by atoms with Crippen LogP contribution in [0.3, 0.4) is 0 Å². The molecule has 1 heterocycles. The maximum absolute atomic E-state index is 2.46. The Morgan fingerprint density at radius 3 is 1.90 bits per heavy atom. The smallest absolute Gasteiger partial charge is 0.0468 e. The molecule has 8 aromatic rings. The molecule has 0 aliphatic heterocycles. The second-order valence-electron chi connectivity index (χ2n) is 13.6. The van der Waals surface area contributed by atoms with Gasteiger partial charge in [0.1, 0.15) is 0 Å². The van der Waals surface area contributed by atoms with Gasteiger partial charge in [0.2, 0.25) is 0 Å². The second kappa shape index (κ2) is 15.0. The molecule has 0 atom stereocenters. The largest absolute Gasteiger partial charge is 0.310 e. The van der Waals surface area contributed by atoms with Crippen molar-refractivity contribution in [3.8, 4) is 22.3 Å². The first-order valence-corrected chi connectivity index (χ1v) is 19.4. The highest BCUT2D eigenvalue weighted by atomic mass is 32.1. The third-order valence-corrected chi connectivity index (χ3v) is 11.2. The molecule has 52 heavy (non-hydrogen) atoms. The van der Waals surface area contributed by atoms with Crippen LogP contribution in [0.1, 0.15) is 59.1 Å². The third kappa shape index (κ3) is 6.44. The predicted molar refractivity (Wildman–Crippen MR) is 231 cm³/mol. The number of rotatable bonds is 5. The topological polar surface area (TPSA) is 3.24 Å². The van der Waals surface area contributed by atoms with E-state index in [9.17, 15) is 0 Å². The zero-order valence-corrected chi connectivity index (χ0v) is 32.0. The molecule has 0 spiro atoms. The van der Waals surface area contributed by atoms with Gasteiger partial charge in [-0.1, -0.05) is 138 Å². The quantitative estimate of drug-likeness (QED) is 0.162. The molecule has 1 aromatic heterocycles. The molecule has 0 saturated heterocycles. The number of fused-ring (bicyclic) bond motifs is 7. The van der Waals surface area contributed by atoms with Gasteiger partial charge in [0.25, 0.3) is 0 Å². The predicted octanol–water partition coefficient (Wildman–Crippen LogP) is 15.6. The lowest BCUT2D eigenvalue weighted by atomic mass is 9.82. The summed E-state index contributed by atoms with van der Waals surface area (Å²) in [4.78, 5) is 2.38. The number of para-hydroxylation sites is 1. The van der Waals surface area contributed by atoms with Crippen LogP contribution in [0.25, 0.3) is 53.2 Å². The zero-order valence-electron chi connectivity index (χ0n) is 31.2. The van der Waals surface area contributed by atoms with Crippen LogP contribution in [0.4, 0.5) is 17.1 Å². The lowest BCUT2D eigenvalue weighted by Crippen LogP contribution is -2.15. The summed E-state index contributed by atoms with van der Waals surface area (Å²) in [6.07, 6.45) is 5.34. The fourth-order valence-electron chi connectivity index (χ4n) is 7.53. The summed E-state index contributed by atoms with van der Waals surface area (Å²) in [5.41, 5.74) is 11.3. The normalized spacial score (nSPS) is 12.6. The van der Waals surface area contributed by atoms with Crippen molar-refractivity contribution in [1.82, 2.24) is 0 Å². The first-order valence-electron chi connectivity index (χ1n) is 18.6. The summed E-state index contributed by atoms with van der Waals surface area (Å²) in [7, 11) is 0. The second-order valence-corrected chi connectivity index (χ2v) is 14.7. The molecule has 2 heteroatoms. The van der Waals surface area contributed by atoms with E-state index in [2.05, 4.69) is 189 Å². The molecule has 1 aliphatic rings. The van der Waals surface area contributed by atoms with E-state index in [-0.39, 0.29) is 5.41 Å². The number of allylic oxidation sites excluding steroid dienone is 2. The average Bonchev–Trinajstić information content (AvgIpc) is 3.67. The highest BCUT2D eigenvalue weighted by molar-refractivity contribution is 7.25. The van der Waals surface area contributed by atoms with Gasteiger partial charge in [-0.15, -0.1) is 11.3 Å². The first kappa shape index (κ1) is 35.0. The molecule has 0 radical (unpaired) electrons. The van der Waals surface area contributed by atoms with E-state index in [0.717, 1.165) is 17.8 Å². The van der Waals surface area contributed by atoms with E-state index in [4.69, 9.17) is 0 Å². The van der Waals surface area contributed by atoms with Gasteiger partial charge >= 0.3 is 0 Å². The molecule has 0 amide bonds. The minimum Gasteiger partial charge on any atom is -0.310 e. The number of hydrogen-bond donors (Lipinski definition) is 0. The molecule has 7 aromatic carbocycles. The monoisotopic (exact) mass is 693 g/mol. The molecule has 0 N–H and O–H groups in total. The van der Waals surface area contributed by atoms with Crippen molar-refractivity contribution in [1.29, 1.82) is 0 Å². The molecule has 9 rings (SSSR count). The van der Waals surface area contributed by atoms with Crippen molar-refractivity contribution < 1.29 is 0 Å². The van der Waals surface area contributed by atoms with Gasteiger partial charge in [0, 0.05) is 42.6 Å². The number of thiophene rings is 1. The first-order chi connectivity index (χ1) is 25.5. The Kier molecular flexibility index (Phi) is 10.1. The minimum absolute atomic E-state index is 0.0699. The van der Waals surface area contributed by atoms with Crippen molar-refractivity contribution in [2.24, 2.45) is 0 Å². The van der Waals surface area contributed by atoms with Gasteiger partial charge in [-0.3, -0.25) is 0 Å². The molecule has 0 bridgehead atoms. The van der Waals surface area contributed by atoms with Crippen molar-refractivity contribution in [3.63, 3.8) is 0 Å². The Hall–Kier alpha value is -5.44. The highest BCUT2D eigenvalue weighted by Crippen LogP contribution is 2.53. The molecule has 1 nitrogen and oxygen atoms in total. The van der Waals surface area contributed by atoms with Gasteiger partial charge in [-0.05, 0) is 118 Å². The number of nitrogens with zero attached hydrogens (tertiary/aromatic N) is 1. The molecule has 1 aliphatic carbocycles. The summed E-state index contributed by atoms with van der Waals surface area (Å²) in [5, 5.41) is 5.25. The summed E-state index contributed by atoms with van der Waals surface area (Å²) in [6, 6.07) is 55.8. The fourth-order valence-corrected chi connectivity index (χ4v) is 8.65. The Balaban J connectivity index is 0.000000557. The molecular weight excluding hydrogens is 647 g/mol. The summed E-state index contributed by atoms with van der Waals surface area (Å²) in [6.45, 7) is 12.9. The van der Waals surface area contributed by atoms with Gasteiger partial charge in [0.05, 0.1) is 0 Å². The van der Waals surface area contributed by atoms with Crippen LogP contribution in [0.15, 0.2) is 164 Å². The zero-order chi connectivity index (χ0) is 36.2. The Morgan fingerprint density at radius 2 is 1.17 bits per heavy atom. The van der Waals surface area contributed by atoms with Crippen LogP contribution >= 0.6 is 11.3 Å². The summed E-state index contributed by atoms with van der Waals surface area (Å²) in [5.74, 6) is 0. The van der Waals surface area contributed by atoms with Crippen LogP contribution in [0, 0.1) is 0 Å². The van der Waals surface area contributed by atoms with E-state index >= 15 is 0 Å². The number of anilines is 3. The van der Waals surface area contributed by atoms with Crippen molar-refractivity contribution >= 4 is 59.3 Å². The van der Waals surface area contributed by atoms with E-state index < -0.39 is 0 Å². The van der Waals surface area contributed by atoms with Gasteiger partial charge in [-0.2, -0.15) is 0 Å². The average molecular weight is 694 g/mol. The van der Waals surface area contributed by atoms with Crippen molar-refractivity contribution in [2.75, 3.05) is 4.90 Å². The van der Waals surface area contributed by atoms with Crippen molar-refractivity contribution in [2.45, 2.75) is 53.4 Å². The van der Waals surface area contributed by atoms with Crippen LogP contribution < -0.4 is 4.90 Å². The van der Waals surface area contributed by atoms with E-state index in [0.29, 0.717) is 0 Å². The Morgan fingerprint density at radius 1 is 0.538 bits per heavy atom. The molecule has 0 saturated carbocycles. The van der Waals surface area contributed by atoms with E-state index in [1.165, 1.54) is 70.0 Å². The maximum atomic E-state index is 2.46. The van der Waals surface area contributed by atoms with E-state index in [1.54, 1.807) is 0 Å². The lowest BCUT2D eigenvalue weighted by molar-refractivity contribution is 0.661. The Bertz CT molecular complexity index is 2500. The van der Waals surface area contributed by atoms with E-state index in [1.807, 2.05) is 32.1 Å². The van der Waals surface area contributed by atoms with Gasteiger partial charge < -0.3 is 4.90 Å². The highest BCUT2D eigenvalue weighted by Gasteiger charge is 2.36. The molecule has 0 unspecified atom stereocenters. The number of hydrogen-bond acceptors (Lipinski definition) is 2. The van der Waals surface area contributed by atoms with Gasteiger partial charge in [0.15, 0.2) is 0 Å². The molecular formula is C50H47NS. The Labute approximate surface area is 313 Å². The fraction of sp³-hybridized carbons (Fsp3) is 0.160. The lowest BCUT2D eigenvalue weighted by Gasteiger charge is -2.27. The number of benzene rings is 7. The van der Waals surface area contributed by atoms with Crippen LogP contribution in [-0.2, 0) is 5.41 Å². The summed E-state index contributed by atoms with van der Waals surface area (Å²) < 4.78 is 2.71. The van der Waals surface area contributed by atoms with Crippen molar-refractivity contribution in [3.05, 3.63) is 175 Å². The summed E-state index contributed by atoms with van der Waals surface area (Å²) >= 11 is 1.90. The molecule has 0 fully saturated rings. The third-order valence-electron chi connectivity index (χ3n) is 10.1. The maximum Gasteiger partial charge on any atom is 0.0468 e. The standard InChI is InChI=1S/C43H31NS.C5H10.C2H6/c1-43(2)39-23-22-34(25-36(39)37-27-42-38(26-40(37)43)35-14-8-9-15-41(35)45-42)44(32-12-4-3-5-13-32)33-20-18-29(19-21-33)31-17-16-28-10-6-7-11-30(28)24-31;1-3-5-4-2;1-2/h3-27H,1-2H3;3,5H,4H2,1-2H3;1-2H3/b;5-3-;. The minimum atomic E-state index is -0.0699. The van der Waals surface area contributed by atoms with Crippen LogP contribution in [0.5, 0.6) is 0 Å². The van der Waals surface area contributed by atoms with Crippen LogP contribution in [-0.4, -0.2) is 0 Å².